The highest BCUT2D eigenvalue weighted by atomic mass is 32.2. The molecule has 1 aliphatic heterocycles. The van der Waals surface area contributed by atoms with E-state index in [1.165, 1.54) is 34.4 Å². The van der Waals surface area contributed by atoms with Crippen molar-refractivity contribution in [2.75, 3.05) is 11.4 Å². The molecule has 1 amide bonds. The number of hydrogen-bond acceptors (Lipinski definition) is 7. The fraction of sp³-hybridized carbons (Fsp3) is 0.273. The monoisotopic (exact) mass is 308 g/mol. The molecule has 0 unspecified atom stereocenters. The first-order valence-corrected chi connectivity index (χ1v) is 8.15. The number of nitriles is 1. The predicted octanol–water partition coefficient (Wildman–Crippen LogP) is 2.37. The van der Waals surface area contributed by atoms with Crippen molar-refractivity contribution < 1.29 is 4.79 Å². The number of anilines is 1. The highest BCUT2D eigenvalue weighted by molar-refractivity contribution is 8.02. The second-order valence-corrected chi connectivity index (χ2v) is 7.02. The SMILES string of the molecule is N#Cc1ccsc1N1CC[C@@H](Sc2nncs2)C1=O. The van der Waals surface area contributed by atoms with Gasteiger partial charge in [-0.2, -0.15) is 5.26 Å². The van der Waals surface area contributed by atoms with Crippen LogP contribution in [0.5, 0.6) is 0 Å². The molecule has 2 aromatic rings. The summed E-state index contributed by atoms with van der Waals surface area (Å²) in [4.78, 5) is 14.1. The molecule has 1 atom stereocenters. The molecular weight excluding hydrogens is 300 g/mol. The number of thioether (sulfide) groups is 1. The number of hydrogen-bond donors (Lipinski definition) is 0. The largest absolute Gasteiger partial charge is 0.302 e. The van der Waals surface area contributed by atoms with Crippen LogP contribution < -0.4 is 4.90 Å². The van der Waals surface area contributed by atoms with Gasteiger partial charge in [0.05, 0.1) is 10.8 Å². The average molecular weight is 308 g/mol. The van der Waals surface area contributed by atoms with E-state index in [1.54, 1.807) is 16.5 Å². The number of nitrogens with zero attached hydrogens (tertiary/aromatic N) is 4. The lowest BCUT2D eigenvalue weighted by atomic mass is 10.3. The Balaban J connectivity index is 1.77. The van der Waals surface area contributed by atoms with Gasteiger partial charge in [-0.25, -0.2) is 0 Å². The Kier molecular flexibility index (Phi) is 3.50. The Morgan fingerprint density at radius 3 is 3.16 bits per heavy atom. The number of carbonyl (C=O) groups is 1. The summed E-state index contributed by atoms with van der Waals surface area (Å²) in [6.45, 7) is 0.657. The molecule has 0 radical (unpaired) electrons. The second-order valence-electron chi connectivity index (χ2n) is 3.84. The van der Waals surface area contributed by atoms with Crippen LogP contribution >= 0.6 is 34.4 Å². The second kappa shape index (κ2) is 5.28. The Bertz CT molecular complexity index is 631. The minimum Gasteiger partial charge on any atom is -0.302 e. The molecule has 0 N–H and O–H groups in total. The normalized spacial score (nSPS) is 18.8. The van der Waals surface area contributed by atoms with Crippen LogP contribution in [0.4, 0.5) is 5.00 Å². The molecule has 0 saturated carbocycles. The molecular formula is C11H8N4OS3. The standard InChI is InChI=1S/C11H8N4OS3/c12-5-7-2-4-17-10(7)15-3-1-8(9(15)16)19-11-14-13-6-18-11/h2,4,6,8H,1,3H2/t8-/m1/s1. The third kappa shape index (κ3) is 2.36. The number of thiophene rings is 1. The van der Waals surface area contributed by atoms with Crippen molar-refractivity contribution >= 4 is 45.3 Å². The van der Waals surface area contributed by atoms with E-state index in [4.69, 9.17) is 5.26 Å². The van der Waals surface area contributed by atoms with Gasteiger partial charge in [-0.05, 0) is 17.9 Å². The molecule has 1 aliphatic rings. The molecule has 0 bridgehead atoms. The fourth-order valence-electron chi connectivity index (χ4n) is 1.90. The van der Waals surface area contributed by atoms with Crippen LogP contribution in [0.2, 0.25) is 0 Å². The summed E-state index contributed by atoms with van der Waals surface area (Å²) >= 11 is 4.33. The van der Waals surface area contributed by atoms with E-state index in [2.05, 4.69) is 16.3 Å². The molecule has 0 spiro atoms. The van der Waals surface area contributed by atoms with E-state index in [-0.39, 0.29) is 11.2 Å². The fourth-order valence-corrected chi connectivity index (χ4v) is 4.55. The summed E-state index contributed by atoms with van der Waals surface area (Å²) < 4.78 is 0.812. The van der Waals surface area contributed by atoms with Crippen molar-refractivity contribution in [3.05, 3.63) is 22.5 Å². The number of aromatic nitrogens is 2. The summed E-state index contributed by atoms with van der Waals surface area (Å²) in [5.74, 6) is 0.0548. The lowest BCUT2D eigenvalue weighted by molar-refractivity contribution is -0.116. The maximum atomic E-state index is 12.4. The number of rotatable bonds is 3. The van der Waals surface area contributed by atoms with E-state index in [0.717, 1.165) is 15.8 Å². The first kappa shape index (κ1) is 12.6. The average Bonchev–Trinajstić information content (AvgIpc) is 3.12. The molecule has 0 aliphatic carbocycles. The lowest BCUT2D eigenvalue weighted by Crippen LogP contribution is -2.27. The Hall–Kier alpha value is -1.43. The summed E-state index contributed by atoms with van der Waals surface area (Å²) in [6.07, 6.45) is 0.770. The van der Waals surface area contributed by atoms with Crippen LogP contribution in [0, 0.1) is 11.3 Å². The van der Waals surface area contributed by atoms with Gasteiger partial charge in [0, 0.05) is 6.54 Å². The Morgan fingerprint density at radius 1 is 1.53 bits per heavy atom. The zero-order valence-corrected chi connectivity index (χ0v) is 12.1. The molecule has 96 valence electrons. The minimum absolute atomic E-state index is 0.0548. The van der Waals surface area contributed by atoms with Gasteiger partial charge >= 0.3 is 0 Å². The van der Waals surface area contributed by atoms with E-state index in [1.807, 2.05) is 5.38 Å². The van der Waals surface area contributed by atoms with E-state index in [0.29, 0.717) is 12.1 Å². The van der Waals surface area contributed by atoms with Crippen LogP contribution in [0.3, 0.4) is 0 Å². The third-order valence-electron chi connectivity index (χ3n) is 2.75. The van der Waals surface area contributed by atoms with Crippen molar-refractivity contribution in [2.45, 2.75) is 16.0 Å². The maximum absolute atomic E-state index is 12.4. The van der Waals surface area contributed by atoms with Crippen LogP contribution in [0.25, 0.3) is 0 Å². The number of carbonyl (C=O) groups excluding carboxylic acids is 1. The Labute approximate surface area is 121 Å². The highest BCUT2D eigenvalue weighted by Gasteiger charge is 2.35. The first-order valence-electron chi connectivity index (χ1n) is 5.51. The van der Waals surface area contributed by atoms with Gasteiger partial charge in [0.1, 0.15) is 16.6 Å². The molecule has 5 nitrogen and oxygen atoms in total. The summed E-state index contributed by atoms with van der Waals surface area (Å²) in [5.41, 5.74) is 2.23. The molecule has 19 heavy (non-hydrogen) atoms. The maximum Gasteiger partial charge on any atom is 0.241 e. The molecule has 8 heteroatoms. The molecule has 1 saturated heterocycles. The van der Waals surface area contributed by atoms with Crippen LogP contribution in [0.15, 0.2) is 21.3 Å². The smallest absolute Gasteiger partial charge is 0.241 e. The minimum atomic E-state index is -0.124. The quantitative estimate of drug-likeness (QED) is 0.870. The number of amides is 1. The molecule has 3 rings (SSSR count). The van der Waals surface area contributed by atoms with Crippen molar-refractivity contribution in [3.8, 4) is 6.07 Å². The van der Waals surface area contributed by atoms with Crippen LogP contribution in [0.1, 0.15) is 12.0 Å². The molecule has 2 aromatic heterocycles. The van der Waals surface area contributed by atoms with Crippen molar-refractivity contribution in [2.24, 2.45) is 0 Å². The van der Waals surface area contributed by atoms with Gasteiger partial charge in [-0.1, -0.05) is 23.1 Å². The molecule has 0 aromatic carbocycles. The van der Waals surface area contributed by atoms with E-state index < -0.39 is 0 Å². The zero-order chi connectivity index (χ0) is 13.2. The predicted molar refractivity (Wildman–Crippen MR) is 75.6 cm³/mol. The van der Waals surface area contributed by atoms with Gasteiger partial charge in [0.2, 0.25) is 5.91 Å². The van der Waals surface area contributed by atoms with Crippen LogP contribution in [-0.4, -0.2) is 27.9 Å². The summed E-state index contributed by atoms with van der Waals surface area (Å²) in [6, 6.07) is 3.87. The Morgan fingerprint density at radius 2 is 2.42 bits per heavy atom. The third-order valence-corrected chi connectivity index (χ3v) is 5.75. The van der Waals surface area contributed by atoms with E-state index >= 15 is 0 Å². The van der Waals surface area contributed by atoms with Crippen molar-refractivity contribution in [1.29, 1.82) is 5.26 Å². The van der Waals surface area contributed by atoms with Gasteiger partial charge in [0.15, 0.2) is 4.34 Å². The van der Waals surface area contributed by atoms with E-state index in [9.17, 15) is 4.79 Å². The van der Waals surface area contributed by atoms with Crippen LogP contribution in [-0.2, 0) is 4.79 Å². The first-order chi connectivity index (χ1) is 9.29. The van der Waals surface area contributed by atoms with Gasteiger partial charge < -0.3 is 4.90 Å². The van der Waals surface area contributed by atoms with Gasteiger partial charge in [-0.3, -0.25) is 4.79 Å². The van der Waals surface area contributed by atoms with Crippen molar-refractivity contribution in [3.63, 3.8) is 0 Å². The van der Waals surface area contributed by atoms with Gasteiger partial charge in [0.25, 0.3) is 0 Å². The lowest BCUT2D eigenvalue weighted by Gasteiger charge is -2.14. The molecule has 1 fully saturated rings. The topological polar surface area (TPSA) is 69.9 Å². The van der Waals surface area contributed by atoms with Crippen molar-refractivity contribution in [1.82, 2.24) is 10.2 Å². The summed E-state index contributed by atoms with van der Waals surface area (Å²) in [5, 5.41) is 19.2. The molecule has 3 heterocycles. The highest BCUT2D eigenvalue weighted by Crippen LogP contribution is 2.36. The summed E-state index contributed by atoms with van der Waals surface area (Å²) in [7, 11) is 0. The zero-order valence-electron chi connectivity index (χ0n) is 9.65. The van der Waals surface area contributed by atoms with Gasteiger partial charge in [-0.15, -0.1) is 21.5 Å².